The molecule has 1 saturated carbocycles. The molecule has 6 heteroatoms. The first-order chi connectivity index (χ1) is 13.0. The molecule has 27 heavy (non-hydrogen) atoms. The van der Waals surface area contributed by atoms with E-state index in [1.54, 1.807) is 36.7 Å². The molecule has 1 aliphatic rings. The van der Waals surface area contributed by atoms with E-state index in [-0.39, 0.29) is 17.7 Å². The molecule has 0 radical (unpaired) electrons. The number of nitrogens with one attached hydrogen (secondary N) is 2. The molecule has 1 fully saturated rings. The van der Waals surface area contributed by atoms with Gasteiger partial charge in [-0.1, -0.05) is 25.0 Å². The molecule has 1 aromatic heterocycles. The second-order valence-electron chi connectivity index (χ2n) is 7.41. The van der Waals surface area contributed by atoms with Crippen molar-refractivity contribution in [3.05, 3.63) is 59.9 Å². The van der Waals surface area contributed by atoms with Crippen molar-refractivity contribution in [3.63, 3.8) is 0 Å². The molecule has 0 aliphatic heterocycles. The van der Waals surface area contributed by atoms with Gasteiger partial charge in [-0.05, 0) is 49.6 Å². The number of carbonyl (C=O) groups is 2. The van der Waals surface area contributed by atoms with Gasteiger partial charge in [-0.25, -0.2) is 0 Å². The zero-order valence-corrected chi connectivity index (χ0v) is 15.6. The van der Waals surface area contributed by atoms with E-state index in [0.717, 1.165) is 31.2 Å². The zero-order valence-electron chi connectivity index (χ0n) is 15.6. The SMILES string of the molecule is CC1(N)CCCCC1C(=O)NCc1ccc(C(=O)Nc2cccnc2)cc1. The van der Waals surface area contributed by atoms with Crippen LogP contribution >= 0.6 is 0 Å². The topological polar surface area (TPSA) is 97.1 Å². The summed E-state index contributed by atoms with van der Waals surface area (Å²) in [7, 11) is 0. The molecule has 3 rings (SSSR count). The van der Waals surface area contributed by atoms with Crippen LogP contribution in [0.5, 0.6) is 0 Å². The van der Waals surface area contributed by atoms with E-state index >= 15 is 0 Å². The van der Waals surface area contributed by atoms with Gasteiger partial charge in [0.15, 0.2) is 0 Å². The van der Waals surface area contributed by atoms with Gasteiger partial charge in [-0.3, -0.25) is 14.6 Å². The third-order valence-electron chi connectivity index (χ3n) is 5.17. The van der Waals surface area contributed by atoms with Gasteiger partial charge >= 0.3 is 0 Å². The van der Waals surface area contributed by atoms with Crippen molar-refractivity contribution >= 4 is 17.5 Å². The maximum absolute atomic E-state index is 12.5. The van der Waals surface area contributed by atoms with Gasteiger partial charge in [0.25, 0.3) is 5.91 Å². The lowest BCUT2D eigenvalue weighted by molar-refractivity contribution is -0.128. The lowest BCUT2D eigenvalue weighted by atomic mass is 9.74. The van der Waals surface area contributed by atoms with E-state index in [9.17, 15) is 9.59 Å². The number of pyridine rings is 1. The normalized spacial score (nSPS) is 22.1. The minimum atomic E-state index is -0.434. The third-order valence-corrected chi connectivity index (χ3v) is 5.17. The highest BCUT2D eigenvalue weighted by atomic mass is 16.2. The van der Waals surface area contributed by atoms with E-state index in [0.29, 0.717) is 17.8 Å². The quantitative estimate of drug-likeness (QED) is 0.758. The molecule has 1 aromatic carbocycles. The lowest BCUT2D eigenvalue weighted by Crippen LogP contribution is -2.52. The van der Waals surface area contributed by atoms with E-state index in [2.05, 4.69) is 15.6 Å². The van der Waals surface area contributed by atoms with Crippen LogP contribution in [0.25, 0.3) is 0 Å². The summed E-state index contributed by atoms with van der Waals surface area (Å²) in [5, 5.41) is 5.78. The molecule has 1 aliphatic carbocycles. The number of amides is 2. The fourth-order valence-corrected chi connectivity index (χ4v) is 3.52. The highest BCUT2D eigenvalue weighted by Gasteiger charge is 2.37. The number of nitrogens with zero attached hydrogens (tertiary/aromatic N) is 1. The Morgan fingerprint density at radius 1 is 1.22 bits per heavy atom. The van der Waals surface area contributed by atoms with Crippen LogP contribution in [0.15, 0.2) is 48.8 Å². The summed E-state index contributed by atoms with van der Waals surface area (Å²) in [6.07, 6.45) is 7.10. The van der Waals surface area contributed by atoms with Crippen molar-refractivity contribution < 1.29 is 9.59 Å². The molecule has 0 saturated heterocycles. The molecule has 6 nitrogen and oxygen atoms in total. The molecule has 0 spiro atoms. The molecule has 1 heterocycles. The van der Waals surface area contributed by atoms with Crippen LogP contribution in [0.4, 0.5) is 5.69 Å². The Morgan fingerprint density at radius 2 is 2.00 bits per heavy atom. The number of rotatable bonds is 5. The fraction of sp³-hybridized carbons (Fsp3) is 0.381. The van der Waals surface area contributed by atoms with Gasteiger partial charge in [-0.15, -0.1) is 0 Å². The van der Waals surface area contributed by atoms with Gasteiger partial charge in [0, 0.05) is 23.8 Å². The standard InChI is InChI=1S/C21H26N4O2/c1-21(22)11-3-2-6-18(21)20(27)24-13-15-7-9-16(10-8-15)19(26)25-17-5-4-12-23-14-17/h4-5,7-10,12,14,18H,2-3,6,11,13,22H2,1H3,(H,24,27)(H,25,26). The van der Waals surface area contributed by atoms with Crippen molar-refractivity contribution in [1.29, 1.82) is 0 Å². The van der Waals surface area contributed by atoms with Gasteiger partial charge in [-0.2, -0.15) is 0 Å². The number of aromatic nitrogens is 1. The smallest absolute Gasteiger partial charge is 0.255 e. The number of nitrogens with two attached hydrogens (primary N) is 1. The Hall–Kier alpha value is -2.73. The zero-order chi connectivity index (χ0) is 19.3. The van der Waals surface area contributed by atoms with Crippen molar-refractivity contribution in [2.75, 3.05) is 5.32 Å². The summed E-state index contributed by atoms with van der Waals surface area (Å²) in [6.45, 7) is 2.39. The average molecular weight is 366 g/mol. The second kappa shape index (κ2) is 8.31. The van der Waals surface area contributed by atoms with Crippen LogP contribution in [0, 0.1) is 5.92 Å². The van der Waals surface area contributed by atoms with Gasteiger partial charge < -0.3 is 16.4 Å². The number of carbonyl (C=O) groups excluding carboxylic acids is 2. The highest BCUT2D eigenvalue weighted by molar-refractivity contribution is 6.04. The van der Waals surface area contributed by atoms with Crippen LogP contribution in [-0.2, 0) is 11.3 Å². The van der Waals surface area contributed by atoms with Crippen molar-refractivity contribution in [3.8, 4) is 0 Å². The molecule has 2 unspecified atom stereocenters. The number of benzene rings is 1. The van der Waals surface area contributed by atoms with Crippen LogP contribution in [0.1, 0.15) is 48.5 Å². The van der Waals surface area contributed by atoms with Crippen LogP contribution < -0.4 is 16.4 Å². The van der Waals surface area contributed by atoms with Gasteiger partial charge in [0.1, 0.15) is 0 Å². The lowest BCUT2D eigenvalue weighted by Gasteiger charge is -2.37. The van der Waals surface area contributed by atoms with E-state index in [4.69, 9.17) is 5.73 Å². The average Bonchev–Trinajstić information content (AvgIpc) is 2.67. The Balaban J connectivity index is 1.54. The Labute approximate surface area is 159 Å². The molecular weight excluding hydrogens is 340 g/mol. The third kappa shape index (κ3) is 4.92. The molecular formula is C21H26N4O2. The minimum absolute atomic E-state index is 0.0121. The molecule has 142 valence electrons. The minimum Gasteiger partial charge on any atom is -0.352 e. The van der Waals surface area contributed by atoms with E-state index in [1.807, 2.05) is 19.1 Å². The number of anilines is 1. The second-order valence-corrected chi connectivity index (χ2v) is 7.41. The summed E-state index contributed by atoms with van der Waals surface area (Å²) in [4.78, 5) is 28.7. The summed E-state index contributed by atoms with van der Waals surface area (Å²) >= 11 is 0. The number of hydrogen-bond acceptors (Lipinski definition) is 4. The molecule has 2 aromatic rings. The first-order valence-electron chi connectivity index (χ1n) is 9.32. The molecule has 2 amide bonds. The van der Waals surface area contributed by atoms with Crippen molar-refractivity contribution in [2.45, 2.75) is 44.7 Å². The Kier molecular flexibility index (Phi) is 5.86. The van der Waals surface area contributed by atoms with Gasteiger partial charge in [0.2, 0.25) is 5.91 Å². The first kappa shape index (κ1) is 19.0. The van der Waals surface area contributed by atoms with E-state index in [1.165, 1.54) is 0 Å². The molecule has 0 bridgehead atoms. The maximum Gasteiger partial charge on any atom is 0.255 e. The summed E-state index contributed by atoms with van der Waals surface area (Å²) in [6, 6.07) is 10.7. The largest absolute Gasteiger partial charge is 0.352 e. The van der Waals surface area contributed by atoms with E-state index < -0.39 is 5.54 Å². The van der Waals surface area contributed by atoms with Crippen molar-refractivity contribution in [1.82, 2.24) is 10.3 Å². The van der Waals surface area contributed by atoms with Crippen LogP contribution in [-0.4, -0.2) is 22.3 Å². The Bertz CT molecular complexity index is 788. The molecule has 4 N–H and O–H groups in total. The summed E-state index contributed by atoms with van der Waals surface area (Å²) < 4.78 is 0. The Morgan fingerprint density at radius 3 is 2.67 bits per heavy atom. The predicted molar refractivity (Wildman–Crippen MR) is 105 cm³/mol. The summed E-state index contributed by atoms with van der Waals surface area (Å²) in [5.41, 5.74) is 8.01. The number of hydrogen-bond donors (Lipinski definition) is 3. The monoisotopic (exact) mass is 366 g/mol. The van der Waals surface area contributed by atoms with Crippen LogP contribution in [0.2, 0.25) is 0 Å². The fourth-order valence-electron chi connectivity index (χ4n) is 3.52. The van der Waals surface area contributed by atoms with Gasteiger partial charge in [0.05, 0.1) is 17.8 Å². The van der Waals surface area contributed by atoms with Crippen LogP contribution in [0.3, 0.4) is 0 Å². The predicted octanol–water partition coefficient (Wildman–Crippen LogP) is 2.86. The van der Waals surface area contributed by atoms with Crippen molar-refractivity contribution in [2.24, 2.45) is 11.7 Å². The highest BCUT2D eigenvalue weighted by Crippen LogP contribution is 2.31. The molecule has 2 atom stereocenters. The first-order valence-corrected chi connectivity index (χ1v) is 9.32. The summed E-state index contributed by atoms with van der Waals surface area (Å²) in [5.74, 6) is -0.325. The maximum atomic E-state index is 12.5.